The van der Waals surface area contributed by atoms with Crippen LogP contribution in [0.5, 0.6) is 0 Å². The molecule has 1 rings (SSSR count). The summed E-state index contributed by atoms with van der Waals surface area (Å²) in [5, 5.41) is 0. The van der Waals surface area contributed by atoms with Gasteiger partial charge in [-0.1, -0.05) is 12.1 Å². The summed E-state index contributed by atoms with van der Waals surface area (Å²) in [7, 11) is 0. The van der Waals surface area contributed by atoms with Gasteiger partial charge in [0.05, 0.1) is 0 Å². The van der Waals surface area contributed by atoms with Gasteiger partial charge in [-0.3, -0.25) is 0 Å². The lowest BCUT2D eigenvalue weighted by Gasteiger charge is -2.24. The fraction of sp³-hybridized carbons (Fsp3) is 0.500. The van der Waals surface area contributed by atoms with Gasteiger partial charge in [0.25, 0.3) is 0 Å². The molecule has 0 nitrogen and oxygen atoms in total. The van der Waals surface area contributed by atoms with Crippen molar-refractivity contribution in [1.29, 1.82) is 0 Å². The standard InChI is InChI=1S/C12H12F6/c1-6-4-9(5-7(2)8(6)3)10(11(13,14)15)12(16,17)18/h4-5,10H,1-3H3. The number of hydrogen-bond acceptors (Lipinski definition) is 0. The van der Waals surface area contributed by atoms with Crippen molar-refractivity contribution in [1.82, 2.24) is 0 Å². The number of benzene rings is 1. The fourth-order valence-electron chi connectivity index (χ4n) is 1.80. The lowest BCUT2D eigenvalue weighted by molar-refractivity contribution is -0.253. The lowest BCUT2D eigenvalue weighted by Crippen LogP contribution is -2.34. The molecule has 0 aliphatic carbocycles. The van der Waals surface area contributed by atoms with E-state index in [2.05, 4.69) is 0 Å². The summed E-state index contributed by atoms with van der Waals surface area (Å²) in [6, 6.07) is 1.90. The highest BCUT2D eigenvalue weighted by molar-refractivity contribution is 5.39. The predicted molar refractivity (Wildman–Crippen MR) is 55.5 cm³/mol. The molecule has 102 valence electrons. The quantitative estimate of drug-likeness (QED) is 0.642. The van der Waals surface area contributed by atoms with Gasteiger partial charge in [0.1, 0.15) is 0 Å². The van der Waals surface area contributed by atoms with E-state index in [0.717, 1.165) is 12.1 Å². The van der Waals surface area contributed by atoms with E-state index in [1.807, 2.05) is 0 Å². The van der Waals surface area contributed by atoms with Crippen LogP contribution in [-0.4, -0.2) is 12.4 Å². The van der Waals surface area contributed by atoms with Crippen LogP contribution < -0.4 is 0 Å². The van der Waals surface area contributed by atoms with Crippen LogP contribution in [-0.2, 0) is 0 Å². The molecule has 0 amide bonds. The normalized spacial score (nSPS) is 13.2. The number of hydrogen-bond donors (Lipinski definition) is 0. The minimum Gasteiger partial charge on any atom is -0.170 e. The third-order valence-electron chi connectivity index (χ3n) is 2.94. The topological polar surface area (TPSA) is 0 Å². The third kappa shape index (κ3) is 2.97. The molecule has 0 heterocycles. The molecule has 6 heteroatoms. The Hall–Kier alpha value is -1.20. The molecule has 1 aromatic carbocycles. The Labute approximate surface area is 101 Å². The smallest absolute Gasteiger partial charge is 0.170 e. The van der Waals surface area contributed by atoms with Crippen molar-refractivity contribution < 1.29 is 26.3 Å². The minimum absolute atomic E-state index is 0.420. The fourth-order valence-corrected chi connectivity index (χ4v) is 1.80. The molecule has 0 unspecified atom stereocenters. The molecular formula is C12H12F6. The van der Waals surface area contributed by atoms with Gasteiger partial charge in [0, 0.05) is 0 Å². The molecular weight excluding hydrogens is 258 g/mol. The number of rotatable bonds is 1. The van der Waals surface area contributed by atoms with E-state index in [1.165, 1.54) is 13.8 Å². The van der Waals surface area contributed by atoms with Crippen LogP contribution in [0, 0.1) is 20.8 Å². The summed E-state index contributed by atoms with van der Waals surface area (Å²) in [4.78, 5) is 0. The van der Waals surface area contributed by atoms with Crippen LogP contribution in [0.3, 0.4) is 0 Å². The van der Waals surface area contributed by atoms with Crippen LogP contribution in [0.15, 0.2) is 12.1 Å². The largest absolute Gasteiger partial charge is 0.404 e. The molecule has 0 aromatic heterocycles. The Bertz CT molecular complexity index is 404. The van der Waals surface area contributed by atoms with Crippen molar-refractivity contribution in [2.75, 3.05) is 0 Å². The van der Waals surface area contributed by atoms with E-state index in [1.54, 1.807) is 6.92 Å². The molecule has 0 radical (unpaired) electrons. The first-order valence-corrected chi connectivity index (χ1v) is 5.15. The SMILES string of the molecule is Cc1cc(C(C(F)(F)F)C(F)(F)F)cc(C)c1C. The van der Waals surface area contributed by atoms with Gasteiger partial charge in [-0.2, -0.15) is 26.3 Å². The molecule has 0 spiro atoms. The van der Waals surface area contributed by atoms with Gasteiger partial charge in [-0.25, -0.2) is 0 Å². The van der Waals surface area contributed by atoms with Crippen molar-refractivity contribution in [3.05, 3.63) is 34.4 Å². The van der Waals surface area contributed by atoms with E-state index < -0.39 is 23.8 Å². The van der Waals surface area contributed by atoms with Gasteiger partial charge in [0.15, 0.2) is 5.92 Å². The summed E-state index contributed by atoms with van der Waals surface area (Å²) in [6.45, 7) is 4.65. The molecule has 1 aromatic rings. The first-order chi connectivity index (χ1) is 7.94. The Kier molecular flexibility index (Phi) is 3.70. The zero-order valence-electron chi connectivity index (χ0n) is 10.00. The Morgan fingerprint density at radius 2 is 1.11 bits per heavy atom. The second-order valence-corrected chi connectivity index (χ2v) is 4.30. The van der Waals surface area contributed by atoms with Crippen molar-refractivity contribution in [3.8, 4) is 0 Å². The second-order valence-electron chi connectivity index (χ2n) is 4.30. The first kappa shape index (κ1) is 14.9. The molecule has 0 bridgehead atoms. The van der Waals surface area contributed by atoms with Gasteiger partial charge in [0.2, 0.25) is 0 Å². The molecule has 0 aliphatic heterocycles. The zero-order valence-corrected chi connectivity index (χ0v) is 10.00. The third-order valence-corrected chi connectivity index (χ3v) is 2.94. The zero-order chi connectivity index (χ0) is 14.3. The highest BCUT2D eigenvalue weighted by Crippen LogP contribution is 2.46. The monoisotopic (exact) mass is 270 g/mol. The summed E-state index contributed by atoms with van der Waals surface area (Å²) in [6.07, 6.45) is -10.7. The molecule has 0 aliphatic rings. The highest BCUT2D eigenvalue weighted by Gasteiger charge is 2.57. The maximum absolute atomic E-state index is 12.5. The van der Waals surface area contributed by atoms with Crippen molar-refractivity contribution >= 4 is 0 Å². The van der Waals surface area contributed by atoms with Crippen LogP contribution in [0.2, 0.25) is 0 Å². The predicted octanol–water partition coefficient (Wildman–Crippen LogP) is 4.82. The molecule has 18 heavy (non-hydrogen) atoms. The molecule has 0 saturated carbocycles. The van der Waals surface area contributed by atoms with Crippen molar-refractivity contribution in [2.45, 2.75) is 39.0 Å². The second kappa shape index (κ2) is 4.48. The minimum atomic E-state index is -5.34. The van der Waals surface area contributed by atoms with Crippen LogP contribution in [0.1, 0.15) is 28.2 Å². The Morgan fingerprint density at radius 1 is 0.778 bits per heavy atom. The number of aryl methyl sites for hydroxylation is 2. The van der Waals surface area contributed by atoms with Crippen molar-refractivity contribution in [2.24, 2.45) is 0 Å². The Balaban J connectivity index is 3.41. The summed E-state index contributed by atoms with van der Waals surface area (Å²) in [5.41, 5.74) is 0.782. The number of alkyl halides is 6. The summed E-state index contributed by atoms with van der Waals surface area (Å²) >= 11 is 0. The average Bonchev–Trinajstić information content (AvgIpc) is 2.08. The highest BCUT2D eigenvalue weighted by atomic mass is 19.4. The van der Waals surface area contributed by atoms with E-state index in [9.17, 15) is 26.3 Å². The molecule has 0 fully saturated rings. The summed E-state index contributed by atoms with van der Waals surface area (Å²) in [5.74, 6) is -3.43. The molecule has 0 saturated heterocycles. The van der Waals surface area contributed by atoms with E-state index in [4.69, 9.17) is 0 Å². The molecule has 0 atom stereocenters. The van der Waals surface area contributed by atoms with E-state index >= 15 is 0 Å². The maximum Gasteiger partial charge on any atom is 0.404 e. The Morgan fingerprint density at radius 3 is 1.39 bits per heavy atom. The van der Waals surface area contributed by atoms with Crippen LogP contribution in [0.4, 0.5) is 26.3 Å². The van der Waals surface area contributed by atoms with Crippen molar-refractivity contribution in [3.63, 3.8) is 0 Å². The van der Waals surface area contributed by atoms with Gasteiger partial charge in [-0.15, -0.1) is 0 Å². The van der Waals surface area contributed by atoms with E-state index in [0.29, 0.717) is 16.7 Å². The summed E-state index contributed by atoms with van der Waals surface area (Å²) < 4.78 is 75.3. The maximum atomic E-state index is 12.5. The van der Waals surface area contributed by atoms with Crippen LogP contribution in [0.25, 0.3) is 0 Å². The van der Waals surface area contributed by atoms with Gasteiger partial charge < -0.3 is 0 Å². The molecule has 0 N–H and O–H groups in total. The van der Waals surface area contributed by atoms with E-state index in [-0.39, 0.29) is 0 Å². The average molecular weight is 270 g/mol. The van der Waals surface area contributed by atoms with Crippen LogP contribution >= 0.6 is 0 Å². The number of halogens is 6. The van der Waals surface area contributed by atoms with Gasteiger partial charge in [-0.05, 0) is 43.0 Å². The first-order valence-electron chi connectivity index (χ1n) is 5.15. The lowest BCUT2D eigenvalue weighted by atomic mass is 9.92. The van der Waals surface area contributed by atoms with Gasteiger partial charge >= 0.3 is 12.4 Å².